The third-order valence-electron chi connectivity index (χ3n) is 5.65. The number of aromatic nitrogens is 4. The lowest BCUT2D eigenvalue weighted by Gasteiger charge is -2.39. The highest BCUT2D eigenvalue weighted by atomic mass is 19.4. The Hall–Kier alpha value is -2.49. The Balaban J connectivity index is 1.45. The van der Waals surface area contributed by atoms with Crippen molar-refractivity contribution in [3.63, 3.8) is 0 Å². The van der Waals surface area contributed by atoms with E-state index in [1.54, 1.807) is 17.8 Å². The lowest BCUT2D eigenvalue weighted by Crippen LogP contribution is -2.46. The second-order valence-corrected chi connectivity index (χ2v) is 7.70. The zero-order chi connectivity index (χ0) is 20.6. The van der Waals surface area contributed by atoms with Gasteiger partial charge in [0.25, 0.3) is 5.56 Å². The summed E-state index contributed by atoms with van der Waals surface area (Å²) in [6.45, 7) is 2.23. The van der Waals surface area contributed by atoms with Crippen molar-refractivity contribution in [2.45, 2.75) is 50.5 Å². The SMILES string of the molecule is Cn1c(CN2CCC(N(c3cc(C(F)(F)F)ncn3)C3CC3)CC2)cncc1=O. The van der Waals surface area contributed by atoms with Crippen molar-refractivity contribution in [2.24, 2.45) is 7.05 Å². The molecule has 29 heavy (non-hydrogen) atoms. The van der Waals surface area contributed by atoms with Gasteiger partial charge in [-0.15, -0.1) is 0 Å². The molecular weight excluding hydrogens is 385 g/mol. The van der Waals surface area contributed by atoms with Gasteiger partial charge in [0.1, 0.15) is 17.8 Å². The fraction of sp³-hybridized carbons (Fsp3) is 0.579. The monoisotopic (exact) mass is 408 g/mol. The first kappa shape index (κ1) is 19.8. The van der Waals surface area contributed by atoms with Gasteiger partial charge in [0.05, 0.1) is 11.9 Å². The Morgan fingerprint density at radius 1 is 1.10 bits per heavy atom. The van der Waals surface area contributed by atoms with Gasteiger partial charge in [0.15, 0.2) is 0 Å². The maximum atomic E-state index is 13.1. The van der Waals surface area contributed by atoms with Crippen LogP contribution in [-0.4, -0.2) is 49.6 Å². The summed E-state index contributed by atoms with van der Waals surface area (Å²) >= 11 is 0. The van der Waals surface area contributed by atoms with Crippen LogP contribution in [0, 0.1) is 0 Å². The van der Waals surface area contributed by atoms with Crippen LogP contribution in [-0.2, 0) is 19.8 Å². The molecule has 2 fully saturated rings. The summed E-state index contributed by atoms with van der Waals surface area (Å²) in [6, 6.07) is 1.46. The molecule has 4 rings (SSSR count). The van der Waals surface area contributed by atoms with Crippen LogP contribution in [0.25, 0.3) is 0 Å². The van der Waals surface area contributed by atoms with Crippen LogP contribution in [0.5, 0.6) is 0 Å². The van der Waals surface area contributed by atoms with E-state index in [-0.39, 0.29) is 17.6 Å². The third kappa shape index (κ3) is 4.42. The quantitative estimate of drug-likeness (QED) is 0.756. The van der Waals surface area contributed by atoms with E-state index in [4.69, 9.17) is 0 Å². The van der Waals surface area contributed by atoms with Crippen molar-refractivity contribution in [3.8, 4) is 0 Å². The maximum absolute atomic E-state index is 13.1. The number of alkyl halides is 3. The fourth-order valence-corrected chi connectivity index (χ4v) is 3.90. The molecular formula is C19H23F3N6O. The largest absolute Gasteiger partial charge is 0.433 e. The van der Waals surface area contributed by atoms with E-state index >= 15 is 0 Å². The molecule has 0 atom stereocenters. The predicted octanol–water partition coefficient (Wildman–Crippen LogP) is 2.22. The number of halogens is 3. The predicted molar refractivity (Wildman–Crippen MR) is 100 cm³/mol. The van der Waals surface area contributed by atoms with Crippen molar-refractivity contribution < 1.29 is 13.2 Å². The molecule has 156 valence electrons. The molecule has 0 N–H and O–H groups in total. The number of nitrogens with zero attached hydrogens (tertiary/aromatic N) is 6. The average Bonchev–Trinajstić information content (AvgIpc) is 3.52. The molecule has 0 radical (unpaired) electrons. The number of anilines is 1. The van der Waals surface area contributed by atoms with Gasteiger partial charge in [-0.1, -0.05) is 0 Å². The number of likely N-dealkylation sites (tertiary alicyclic amines) is 1. The van der Waals surface area contributed by atoms with Gasteiger partial charge in [-0.25, -0.2) is 9.97 Å². The molecule has 0 amide bonds. The average molecular weight is 408 g/mol. The van der Waals surface area contributed by atoms with Crippen LogP contribution in [0.3, 0.4) is 0 Å². The Morgan fingerprint density at radius 2 is 1.79 bits per heavy atom. The number of piperidine rings is 1. The summed E-state index contributed by atoms with van der Waals surface area (Å²) < 4.78 is 40.8. The first-order valence-corrected chi connectivity index (χ1v) is 9.73. The third-order valence-corrected chi connectivity index (χ3v) is 5.65. The van der Waals surface area contributed by atoms with Gasteiger partial charge < -0.3 is 9.47 Å². The number of hydrogen-bond acceptors (Lipinski definition) is 6. The van der Waals surface area contributed by atoms with Crippen molar-refractivity contribution >= 4 is 5.82 Å². The van der Waals surface area contributed by atoms with Crippen LogP contribution in [0.1, 0.15) is 37.1 Å². The van der Waals surface area contributed by atoms with Gasteiger partial charge in [-0.05, 0) is 25.7 Å². The molecule has 10 heteroatoms. The van der Waals surface area contributed by atoms with Crippen LogP contribution in [0.4, 0.5) is 19.0 Å². The summed E-state index contributed by atoms with van der Waals surface area (Å²) in [5.41, 5.74) is -0.190. The van der Waals surface area contributed by atoms with Crippen molar-refractivity contribution in [2.75, 3.05) is 18.0 Å². The Morgan fingerprint density at radius 3 is 2.45 bits per heavy atom. The Bertz CT molecular complexity index is 919. The number of hydrogen-bond donors (Lipinski definition) is 0. The zero-order valence-corrected chi connectivity index (χ0v) is 16.1. The van der Waals surface area contributed by atoms with Gasteiger partial charge in [-0.3, -0.25) is 14.7 Å². The first-order valence-electron chi connectivity index (χ1n) is 9.73. The van der Waals surface area contributed by atoms with Crippen LogP contribution in [0.2, 0.25) is 0 Å². The zero-order valence-electron chi connectivity index (χ0n) is 16.1. The summed E-state index contributed by atoms with van der Waals surface area (Å²) in [5.74, 6) is 0.364. The van der Waals surface area contributed by atoms with Crippen LogP contribution in [0.15, 0.2) is 29.6 Å². The highest BCUT2D eigenvalue weighted by molar-refractivity contribution is 5.44. The van der Waals surface area contributed by atoms with Crippen LogP contribution < -0.4 is 10.5 Å². The molecule has 1 saturated carbocycles. The highest BCUT2D eigenvalue weighted by Gasteiger charge is 2.38. The molecule has 0 spiro atoms. The van der Waals surface area contributed by atoms with E-state index in [2.05, 4.69) is 24.8 Å². The summed E-state index contributed by atoms with van der Waals surface area (Å²) in [6.07, 6.45) is 3.13. The molecule has 0 bridgehead atoms. The van der Waals surface area contributed by atoms with Crippen molar-refractivity contribution in [1.29, 1.82) is 0 Å². The molecule has 1 aliphatic heterocycles. The molecule has 0 unspecified atom stereocenters. The summed E-state index contributed by atoms with van der Waals surface area (Å²) in [4.78, 5) is 27.6. The topological polar surface area (TPSA) is 67.2 Å². The van der Waals surface area contributed by atoms with Crippen molar-refractivity contribution in [1.82, 2.24) is 24.4 Å². The van der Waals surface area contributed by atoms with Crippen LogP contribution >= 0.6 is 0 Å². The molecule has 2 aromatic rings. The fourth-order valence-electron chi connectivity index (χ4n) is 3.90. The van der Waals surface area contributed by atoms with Gasteiger partial charge in [-0.2, -0.15) is 13.2 Å². The smallest absolute Gasteiger partial charge is 0.350 e. The summed E-state index contributed by atoms with van der Waals surface area (Å²) in [7, 11) is 1.73. The van der Waals surface area contributed by atoms with E-state index in [1.807, 2.05) is 0 Å². The molecule has 3 heterocycles. The number of rotatable bonds is 5. The van der Waals surface area contributed by atoms with E-state index in [9.17, 15) is 18.0 Å². The minimum absolute atomic E-state index is 0.137. The normalized spacial score (nSPS) is 18.8. The first-order chi connectivity index (χ1) is 13.8. The molecule has 0 aromatic carbocycles. The van der Waals surface area contributed by atoms with Crippen molar-refractivity contribution in [3.05, 3.63) is 46.5 Å². The highest BCUT2D eigenvalue weighted by Crippen LogP contribution is 2.37. The molecule has 1 saturated heterocycles. The minimum atomic E-state index is -4.48. The van der Waals surface area contributed by atoms with E-state index in [0.717, 1.165) is 56.9 Å². The lowest BCUT2D eigenvalue weighted by molar-refractivity contribution is -0.141. The van der Waals surface area contributed by atoms with E-state index < -0.39 is 11.9 Å². The summed E-state index contributed by atoms with van der Waals surface area (Å²) in [5, 5.41) is 0. The molecule has 1 aliphatic carbocycles. The minimum Gasteiger partial charge on any atom is -0.350 e. The van der Waals surface area contributed by atoms with Gasteiger partial charge in [0.2, 0.25) is 0 Å². The Labute approximate surface area is 166 Å². The molecule has 2 aromatic heterocycles. The van der Waals surface area contributed by atoms with Gasteiger partial charge >= 0.3 is 6.18 Å². The lowest BCUT2D eigenvalue weighted by atomic mass is 10.0. The van der Waals surface area contributed by atoms with Gasteiger partial charge in [0, 0.05) is 51.0 Å². The van der Waals surface area contributed by atoms with E-state index in [0.29, 0.717) is 12.4 Å². The standard InChI is InChI=1S/C19H23F3N6O/c1-26-15(9-23-10-18(26)29)11-27-6-4-14(5-7-27)28(13-2-3-13)17-8-16(19(20,21)22)24-12-25-17/h8-10,12-14H,2-7,11H2,1H3. The molecule has 2 aliphatic rings. The van der Waals surface area contributed by atoms with E-state index in [1.165, 1.54) is 6.20 Å². The maximum Gasteiger partial charge on any atom is 0.433 e. The Kier molecular flexibility index (Phi) is 5.28. The molecule has 7 nitrogen and oxygen atoms in total. The second-order valence-electron chi connectivity index (χ2n) is 7.70. The second kappa shape index (κ2) is 7.74.